The van der Waals surface area contributed by atoms with E-state index in [9.17, 15) is 9.59 Å². The molecule has 0 atom stereocenters. The van der Waals surface area contributed by atoms with Gasteiger partial charge in [0.05, 0.1) is 5.69 Å². The Morgan fingerprint density at radius 3 is 2.35 bits per heavy atom. The van der Waals surface area contributed by atoms with Gasteiger partial charge in [-0.3, -0.25) is 14.6 Å². The van der Waals surface area contributed by atoms with Gasteiger partial charge in [-0.15, -0.1) is 0 Å². The summed E-state index contributed by atoms with van der Waals surface area (Å²) in [5, 5.41) is 0. The highest BCUT2D eigenvalue weighted by Gasteiger charge is 2.17. The van der Waals surface area contributed by atoms with Crippen LogP contribution in [0.5, 0.6) is 0 Å². The highest BCUT2D eigenvalue weighted by molar-refractivity contribution is 6.14. The number of amides is 2. The first-order chi connectivity index (χ1) is 8.33. The summed E-state index contributed by atoms with van der Waals surface area (Å²) in [6.45, 7) is 0. The number of para-hydroxylation sites is 1. The predicted molar refractivity (Wildman–Crippen MR) is 63.6 cm³/mol. The summed E-state index contributed by atoms with van der Waals surface area (Å²) >= 11 is 0. The van der Waals surface area contributed by atoms with Crippen molar-refractivity contribution in [3.63, 3.8) is 0 Å². The van der Waals surface area contributed by atoms with E-state index < -0.39 is 5.91 Å². The van der Waals surface area contributed by atoms with Crippen LogP contribution in [0.2, 0.25) is 0 Å². The lowest BCUT2D eigenvalue weighted by Gasteiger charge is -2.14. The number of imide groups is 1. The molecule has 1 aromatic carbocycles. The van der Waals surface area contributed by atoms with E-state index in [1.165, 1.54) is 6.20 Å². The summed E-state index contributed by atoms with van der Waals surface area (Å²) in [6.07, 6.45) is 2.01. The standard InChI is InChI=1S/C13H10N2O2/c16-10-15(11-6-2-1-3-7-11)13(17)12-8-4-5-9-14-12/h1-10H. The van der Waals surface area contributed by atoms with Crippen LogP contribution in [0.1, 0.15) is 10.5 Å². The second kappa shape index (κ2) is 5.03. The van der Waals surface area contributed by atoms with E-state index in [2.05, 4.69) is 4.98 Å². The maximum absolute atomic E-state index is 12.0. The predicted octanol–water partition coefficient (Wildman–Crippen LogP) is 1.88. The summed E-state index contributed by atoms with van der Waals surface area (Å²) in [5.41, 5.74) is 0.765. The molecular formula is C13H10N2O2. The third-order valence-corrected chi connectivity index (χ3v) is 2.24. The smallest absolute Gasteiger partial charge is 0.278 e. The molecule has 4 nitrogen and oxygen atoms in total. The van der Waals surface area contributed by atoms with Crippen molar-refractivity contribution in [2.45, 2.75) is 0 Å². The minimum absolute atomic E-state index is 0.239. The Labute approximate surface area is 98.5 Å². The highest BCUT2D eigenvalue weighted by Crippen LogP contribution is 2.13. The number of hydrogen-bond donors (Lipinski definition) is 0. The van der Waals surface area contributed by atoms with Crippen LogP contribution in [-0.2, 0) is 4.79 Å². The van der Waals surface area contributed by atoms with Crippen molar-refractivity contribution < 1.29 is 9.59 Å². The zero-order valence-electron chi connectivity index (χ0n) is 8.98. The summed E-state index contributed by atoms with van der Waals surface area (Å²) in [5.74, 6) is -0.438. The lowest BCUT2D eigenvalue weighted by molar-refractivity contribution is -0.106. The normalized spacial score (nSPS) is 9.65. The molecule has 0 aliphatic carbocycles. The Bertz CT molecular complexity index is 511. The number of hydrogen-bond acceptors (Lipinski definition) is 3. The Morgan fingerprint density at radius 1 is 1.06 bits per heavy atom. The van der Waals surface area contributed by atoms with Gasteiger partial charge in [0.2, 0.25) is 6.41 Å². The third kappa shape index (κ3) is 2.36. The van der Waals surface area contributed by atoms with Crippen LogP contribution in [0, 0.1) is 0 Å². The van der Waals surface area contributed by atoms with E-state index >= 15 is 0 Å². The Morgan fingerprint density at radius 2 is 1.76 bits per heavy atom. The number of pyridine rings is 1. The van der Waals surface area contributed by atoms with Gasteiger partial charge < -0.3 is 0 Å². The monoisotopic (exact) mass is 226 g/mol. The van der Waals surface area contributed by atoms with Crippen molar-refractivity contribution in [3.8, 4) is 0 Å². The highest BCUT2D eigenvalue weighted by atomic mass is 16.2. The molecule has 2 rings (SSSR count). The SMILES string of the molecule is O=CN(C(=O)c1ccccn1)c1ccccc1. The number of aromatic nitrogens is 1. The molecule has 0 bridgehead atoms. The number of carbonyl (C=O) groups is 2. The Kier molecular flexibility index (Phi) is 3.25. The van der Waals surface area contributed by atoms with Crippen molar-refractivity contribution in [2.75, 3.05) is 4.90 Å². The van der Waals surface area contributed by atoms with Crippen LogP contribution in [0.4, 0.5) is 5.69 Å². The minimum atomic E-state index is -0.438. The van der Waals surface area contributed by atoms with Crippen molar-refractivity contribution in [1.29, 1.82) is 0 Å². The van der Waals surface area contributed by atoms with E-state index in [0.717, 1.165) is 4.90 Å². The summed E-state index contributed by atoms with van der Waals surface area (Å²) in [4.78, 5) is 28.0. The first-order valence-electron chi connectivity index (χ1n) is 5.08. The fraction of sp³-hybridized carbons (Fsp3) is 0. The fourth-order valence-corrected chi connectivity index (χ4v) is 1.43. The van der Waals surface area contributed by atoms with E-state index in [0.29, 0.717) is 12.1 Å². The topological polar surface area (TPSA) is 50.3 Å². The Hall–Kier alpha value is -2.49. The average molecular weight is 226 g/mol. The molecule has 0 unspecified atom stereocenters. The zero-order chi connectivity index (χ0) is 12.1. The molecule has 0 N–H and O–H groups in total. The summed E-state index contributed by atoms with van der Waals surface area (Å²) in [6, 6.07) is 13.7. The first-order valence-corrected chi connectivity index (χ1v) is 5.08. The molecule has 4 heteroatoms. The van der Waals surface area contributed by atoms with Crippen molar-refractivity contribution in [3.05, 3.63) is 60.4 Å². The molecule has 17 heavy (non-hydrogen) atoms. The van der Waals surface area contributed by atoms with Gasteiger partial charge in [0.15, 0.2) is 0 Å². The van der Waals surface area contributed by atoms with Crippen molar-refractivity contribution in [2.24, 2.45) is 0 Å². The van der Waals surface area contributed by atoms with E-state index in [-0.39, 0.29) is 5.69 Å². The average Bonchev–Trinajstić information content (AvgIpc) is 2.42. The molecule has 0 aliphatic heterocycles. The van der Waals surface area contributed by atoms with Gasteiger partial charge >= 0.3 is 0 Å². The minimum Gasteiger partial charge on any atom is -0.278 e. The van der Waals surface area contributed by atoms with Gasteiger partial charge in [-0.2, -0.15) is 0 Å². The molecule has 2 amide bonds. The lowest BCUT2D eigenvalue weighted by Crippen LogP contribution is -2.29. The Balaban J connectivity index is 2.32. The van der Waals surface area contributed by atoms with E-state index in [4.69, 9.17) is 0 Å². The van der Waals surface area contributed by atoms with Crippen LogP contribution in [0.3, 0.4) is 0 Å². The van der Waals surface area contributed by atoms with Crippen LogP contribution < -0.4 is 4.90 Å². The van der Waals surface area contributed by atoms with E-state index in [1.54, 1.807) is 42.5 Å². The molecule has 1 aromatic heterocycles. The van der Waals surface area contributed by atoms with Gasteiger partial charge in [-0.1, -0.05) is 24.3 Å². The number of carbonyl (C=O) groups excluding carboxylic acids is 2. The van der Waals surface area contributed by atoms with Crippen molar-refractivity contribution in [1.82, 2.24) is 4.98 Å². The second-order valence-electron chi connectivity index (χ2n) is 3.33. The molecule has 84 valence electrons. The van der Waals surface area contributed by atoms with Gasteiger partial charge in [0.1, 0.15) is 5.69 Å². The van der Waals surface area contributed by atoms with Crippen molar-refractivity contribution >= 4 is 18.0 Å². The molecule has 0 fully saturated rings. The number of nitrogens with zero attached hydrogens (tertiary/aromatic N) is 2. The summed E-state index contributed by atoms with van der Waals surface area (Å²) in [7, 11) is 0. The number of anilines is 1. The number of rotatable bonds is 3. The number of benzene rings is 1. The molecule has 0 aliphatic rings. The van der Waals surface area contributed by atoms with Gasteiger partial charge in [-0.05, 0) is 24.3 Å². The maximum Gasteiger partial charge on any atom is 0.283 e. The van der Waals surface area contributed by atoms with Crippen LogP contribution in [-0.4, -0.2) is 17.3 Å². The van der Waals surface area contributed by atoms with Gasteiger partial charge in [0, 0.05) is 6.20 Å². The van der Waals surface area contributed by atoms with Gasteiger partial charge in [0.25, 0.3) is 5.91 Å². The van der Waals surface area contributed by atoms with Crippen LogP contribution in [0.15, 0.2) is 54.7 Å². The molecule has 0 spiro atoms. The lowest BCUT2D eigenvalue weighted by atomic mass is 10.2. The molecule has 0 saturated heterocycles. The van der Waals surface area contributed by atoms with Crippen LogP contribution in [0.25, 0.3) is 0 Å². The summed E-state index contributed by atoms with van der Waals surface area (Å²) < 4.78 is 0. The largest absolute Gasteiger partial charge is 0.283 e. The van der Waals surface area contributed by atoms with Gasteiger partial charge in [-0.25, -0.2) is 4.90 Å². The molecule has 1 heterocycles. The molecule has 0 radical (unpaired) electrons. The first kappa shape index (κ1) is 11.0. The maximum atomic E-state index is 12.0. The fourth-order valence-electron chi connectivity index (χ4n) is 1.43. The molecule has 2 aromatic rings. The second-order valence-corrected chi connectivity index (χ2v) is 3.33. The quantitative estimate of drug-likeness (QED) is 0.751. The van der Waals surface area contributed by atoms with Crippen LogP contribution >= 0.6 is 0 Å². The molecule has 0 saturated carbocycles. The molecular weight excluding hydrogens is 216 g/mol. The van der Waals surface area contributed by atoms with E-state index in [1.807, 2.05) is 6.07 Å². The third-order valence-electron chi connectivity index (χ3n) is 2.24. The zero-order valence-corrected chi connectivity index (χ0v) is 8.98.